The first-order chi connectivity index (χ1) is 9.42. The Morgan fingerprint density at radius 3 is 2.95 bits per heavy atom. The zero-order chi connectivity index (χ0) is 12.9. The molecule has 0 amide bonds. The lowest BCUT2D eigenvalue weighted by molar-refractivity contribution is 0.327. The van der Waals surface area contributed by atoms with Gasteiger partial charge in [-0.2, -0.15) is 16.9 Å². The summed E-state index contributed by atoms with van der Waals surface area (Å²) in [7, 11) is 0. The summed E-state index contributed by atoms with van der Waals surface area (Å²) in [5, 5.41) is 8.32. The second kappa shape index (κ2) is 6.80. The van der Waals surface area contributed by atoms with Gasteiger partial charge in [0.1, 0.15) is 0 Å². The van der Waals surface area contributed by atoms with E-state index in [0.29, 0.717) is 6.04 Å². The predicted octanol–water partition coefficient (Wildman–Crippen LogP) is 3.23. The Morgan fingerprint density at radius 2 is 2.16 bits per heavy atom. The number of thioether (sulfide) groups is 1. The van der Waals surface area contributed by atoms with Crippen molar-refractivity contribution < 1.29 is 0 Å². The molecule has 1 unspecified atom stereocenters. The fraction of sp³-hybridized carbons (Fsp3) is 0.800. The molecule has 2 fully saturated rings. The van der Waals surface area contributed by atoms with Crippen LogP contribution in [0.2, 0.25) is 0 Å². The Bertz CT molecular complexity index is 378. The molecular weight excluding hydrogens is 254 g/mol. The number of aromatic nitrogens is 2. The van der Waals surface area contributed by atoms with Crippen molar-refractivity contribution in [2.45, 2.75) is 51.1 Å². The Hall–Kier alpha value is -0.480. The molecule has 1 aliphatic heterocycles. The van der Waals surface area contributed by atoms with Crippen molar-refractivity contribution in [3.05, 3.63) is 18.0 Å². The maximum absolute atomic E-state index is 4.75. The van der Waals surface area contributed by atoms with Gasteiger partial charge in [-0.1, -0.05) is 19.3 Å². The maximum atomic E-state index is 4.75. The van der Waals surface area contributed by atoms with Crippen molar-refractivity contribution in [1.82, 2.24) is 15.1 Å². The van der Waals surface area contributed by atoms with Crippen molar-refractivity contribution in [3.63, 3.8) is 0 Å². The van der Waals surface area contributed by atoms with E-state index >= 15 is 0 Å². The molecule has 106 valence electrons. The maximum Gasteiger partial charge on any atom is 0.0762 e. The van der Waals surface area contributed by atoms with Crippen LogP contribution in [0.1, 0.15) is 50.3 Å². The minimum atomic E-state index is 0.661. The summed E-state index contributed by atoms with van der Waals surface area (Å²) in [6.45, 7) is 2.09. The van der Waals surface area contributed by atoms with Gasteiger partial charge in [0, 0.05) is 12.7 Å². The summed E-state index contributed by atoms with van der Waals surface area (Å²) in [5.74, 6) is 3.57. The van der Waals surface area contributed by atoms with Crippen molar-refractivity contribution in [2.75, 3.05) is 18.1 Å². The number of hydrogen-bond acceptors (Lipinski definition) is 3. The molecule has 0 bridgehead atoms. The van der Waals surface area contributed by atoms with Crippen LogP contribution in [0.25, 0.3) is 0 Å². The molecule has 1 saturated heterocycles. The highest BCUT2D eigenvalue weighted by Gasteiger charge is 2.17. The van der Waals surface area contributed by atoms with Gasteiger partial charge in [-0.25, -0.2) is 0 Å². The SMILES string of the molecule is c1cn(C2CCCCC2)nc1CNCC1CCSC1. The number of nitrogens with one attached hydrogen (secondary N) is 1. The smallest absolute Gasteiger partial charge is 0.0762 e. The molecule has 19 heavy (non-hydrogen) atoms. The molecule has 0 radical (unpaired) electrons. The largest absolute Gasteiger partial charge is 0.311 e. The first-order valence-electron chi connectivity index (χ1n) is 7.74. The summed E-state index contributed by atoms with van der Waals surface area (Å²) in [5.41, 5.74) is 1.20. The van der Waals surface area contributed by atoms with Gasteiger partial charge in [0.25, 0.3) is 0 Å². The molecule has 1 aromatic heterocycles. The second-order valence-electron chi connectivity index (χ2n) is 5.94. The van der Waals surface area contributed by atoms with Gasteiger partial charge >= 0.3 is 0 Å². The van der Waals surface area contributed by atoms with E-state index in [-0.39, 0.29) is 0 Å². The third-order valence-electron chi connectivity index (χ3n) is 4.38. The summed E-state index contributed by atoms with van der Waals surface area (Å²) < 4.78 is 2.21. The lowest BCUT2D eigenvalue weighted by Crippen LogP contribution is -2.22. The molecule has 3 rings (SSSR count). The van der Waals surface area contributed by atoms with Crippen LogP contribution in [0.15, 0.2) is 12.3 Å². The van der Waals surface area contributed by atoms with Gasteiger partial charge in [-0.15, -0.1) is 0 Å². The van der Waals surface area contributed by atoms with Crippen molar-refractivity contribution in [2.24, 2.45) is 5.92 Å². The van der Waals surface area contributed by atoms with Crippen LogP contribution >= 0.6 is 11.8 Å². The normalized spacial score (nSPS) is 24.9. The van der Waals surface area contributed by atoms with Crippen molar-refractivity contribution in [3.8, 4) is 0 Å². The van der Waals surface area contributed by atoms with Gasteiger partial charge in [-0.05, 0) is 49.3 Å². The standard InChI is InChI=1S/C15H25N3S/c1-2-4-15(5-3-1)18-8-6-14(17-18)11-16-10-13-7-9-19-12-13/h6,8,13,15-16H,1-5,7,9-12H2. The van der Waals surface area contributed by atoms with Gasteiger partial charge in [0.05, 0.1) is 11.7 Å². The predicted molar refractivity (Wildman–Crippen MR) is 81.5 cm³/mol. The molecule has 1 aliphatic carbocycles. The lowest BCUT2D eigenvalue weighted by atomic mass is 9.96. The van der Waals surface area contributed by atoms with Crippen LogP contribution in [0.3, 0.4) is 0 Å². The number of nitrogens with zero attached hydrogens (tertiary/aromatic N) is 2. The molecule has 1 aromatic rings. The summed E-state index contributed by atoms with van der Waals surface area (Å²) >= 11 is 2.09. The van der Waals surface area contributed by atoms with E-state index in [4.69, 9.17) is 5.10 Å². The third kappa shape index (κ3) is 3.76. The molecule has 2 aliphatic rings. The van der Waals surface area contributed by atoms with E-state index in [2.05, 4.69) is 34.0 Å². The Balaban J connectivity index is 1.44. The van der Waals surface area contributed by atoms with Crippen LogP contribution in [0.4, 0.5) is 0 Å². The molecule has 4 heteroatoms. The van der Waals surface area contributed by atoms with E-state index in [1.165, 1.54) is 55.7 Å². The average molecular weight is 279 g/mol. The van der Waals surface area contributed by atoms with Crippen molar-refractivity contribution in [1.29, 1.82) is 0 Å². The molecule has 1 atom stereocenters. The topological polar surface area (TPSA) is 29.9 Å². The molecular formula is C15H25N3S. The van der Waals surface area contributed by atoms with E-state index in [1.807, 2.05) is 0 Å². The fourth-order valence-electron chi connectivity index (χ4n) is 3.17. The van der Waals surface area contributed by atoms with Gasteiger partial charge in [0.15, 0.2) is 0 Å². The molecule has 1 N–H and O–H groups in total. The molecule has 0 aromatic carbocycles. The van der Waals surface area contributed by atoms with E-state index in [0.717, 1.165) is 19.0 Å². The van der Waals surface area contributed by atoms with E-state index in [9.17, 15) is 0 Å². The summed E-state index contributed by atoms with van der Waals surface area (Å²) in [4.78, 5) is 0. The van der Waals surface area contributed by atoms with Gasteiger partial charge < -0.3 is 5.32 Å². The number of hydrogen-bond donors (Lipinski definition) is 1. The van der Waals surface area contributed by atoms with Crippen LogP contribution in [-0.4, -0.2) is 27.8 Å². The quantitative estimate of drug-likeness (QED) is 0.897. The Morgan fingerprint density at radius 1 is 1.26 bits per heavy atom. The van der Waals surface area contributed by atoms with Crippen LogP contribution < -0.4 is 5.32 Å². The molecule has 3 nitrogen and oxygen atoms in total. The Kier molecular flexibility index (Phi) is 4.83. The highest BCUT2D eigenvalue weighted by Crippen LogP contribution is 2.27. The molecule has 1 saturated carbocycles. The average Bonchev–Trinajstić information content (AvgIpc) is 3.11. The summed E-state index contributed by atoms with van der Waals surface area (Å²) in [6, 6.07) is 2.85. The van der Waals surface area contributed by atoms with E-state index < -0.39 is 0 Å². The first-order valence-corrected chi connectivity index (χ1v) is 8.90. The zero-order valence-corrected chi connectivity index (χ0v) is 12.5. The Labute approximate surface area is 120 Å². The van der Waals surface area contributed by atoms with Crippen molar-refractivity contribution >= 4 is 11.8 Å². The number of rotatable bonds is 5. The highest BCUT2D eigenvalue weighted by molar-refractivity contribution is 7.99. The third-order valence-corrected chi connectivity index (χ3v) is 5.61. The zero-order valence-electron chi connectivity index (χ0n) is 11.7. The van der Waals surface area contributed by atoms with Crippen LogP contribution in [0.5, 0.6) is 0 Å². The minimum absolute atomic E-state index is 0.661. The first kappa shape index (κ1) is 13.5. The van der Waals surface area contributed by atoms with Crippen LogP contribution in [0, 0.1) is 5.92 Å². The monoisotopic (exact) mass is 279 g/mol. The van der Waals surface area contributed by atoms with Crippen LogP contribution in [-0.2, 0) is 6.54 Å². The van der Waals surface area contributed by atoms with E-state index in [1.54, 1.807) is 0 Å². The van der Waals surface area contributed by atoms with Gasteiger partial charge in [0.2, 0.25) is 0 Å². The molecule has 0 spiro atoms. The fourth-order valence-corrected chi connectivity index (χ4v) is 4.45. The lowest BCUT2D eigenvalue weighted by Gasteiger charge is -2.21. The minimum Gasteiger partial charge on any atom is -0.311 e. The second-order valence-corrected chi connectivity index (χ2v) is 7.09. The highest BCUT2D eigenvalue weighted by atomic mass is 32.2. The molecule has 2 heterocycles. The summed E-state index contributed by atoms with van der Waals surface area (Å²) in [6.07, 6.45) is 10.3. The van der Waals surface area contributed by atoms with Gasteiger partial charge in [-0.3, -0.25) is 4.68 Å².